The maximum Gasteiger partial charge on any atom is 0.137 e. The lowest BCUT2D eigenvalue weighted by molar-refractivity contribution is -0.905. The van der Waals surface area contributed by atoms with E-state index in [4.69, 9.17) is 4.74 Å². The zero-order valence-corrected chi connectivity index (χ0v) is 10.3. The summed E-state index contributed by atoms with van der Waals surface area (Å²) >= 11 is 0. The van der Waals surface area contributed by atoms with Crippen molar-refractivity contribution in [3.8, 4) is 0 Å². The Labute approximate surface area is 92.2 Å². The number of carbonyl (C=O) groups is 1. The van der Waals surface area contributed by atoms with Crippen molar-refractivity contribution in [2.24, 2.45) is 0 Å². The second kappa shape index (κ2) is 6.80. The van der Waals surface area contributed by atoms with E-state index in [1.807, 2.05) is 14.1 Å². The third-order valence-corrected chi connectivity index (χ3v) is 2.94. The lowest BCUT2D eigenvalue weighted by atomic mass is 9.97. The van der Waals surface area contributed by atoms with Gasteiger partial charge in [0.15, 0.2) is 0 Å². The number of unbranched alkanes of at least 4 members (excludes halogenated alkanes) is 1. The molecule has 1 atom stereocenters. The zero-order chi connectivity index (χ0) is 11.9. The number of quaternary nitrogens is 1. The number of nitrogens with one attached hydrogen (secondary N) is 1. The number of likely N-dealkylation sites (N-methyl/N-ethyl adjacent to an activating group) is 1. The SMILES string of the molecule is CCCCOCCC(C)(C(=O)[O-])[NH+](C)C. The molecule has 0 saturated carbocycles. The van der Waals surface area contributed by atoms with Crippen molar-refractivity contribution in [2.75, 3.05) is 27.3 Å². The van der Waals surface area contributed by atoms with Crippen LogP contribution in [0.5, 0.6) is 0 Å². The van der Waals surface area contributed by atoms with Gasteiger partial charge in [0, 0.05) is 13.0 Å². The molecular formula is C11H23NO3. The van der Waals surface area contributed by atoms with Crippen molar-refractivity contribution in [1.29, 1.82) is 0 Å². The van der Waals surface area contributed by atoms with Crippen LogP contribution in [-0.2, 0) is 9.53 Å². The van der Waals surface area contributed by atoms with Crippen LogP contribution in [0.3, 0.4) is 0 Å². The van der Waals surface area contributed by atoms with Crippen molar-refractivity contribution >= 4 is 5.97 Å². The summed E-state index contributed by atoms with van der Waals surface area (Å²) < 4.78 is 5.37. The quantitative estimate of drug-likeness (QED) is 0.522. The fourth-order valence-electron chi connectivity index (χ4n) is 1.18. The van der Waals surface area contributed by atoms with Crippen molar-refractivity contribution in [3.63, 3.8) is 0 Å². The largest absolute Gasteiger partial charge is 0.544 e. The van der Waals surface area contributed by atoms with E-state index in [0.29, 0.717) is 19.6 Å². The molecule has 0 aliphatic rings. The lowest BCUT2D eigenvalue weighted by Crippen LogP contribution is -3.16. The molecule has 4 nitrogen and oxygen atoms in total. The standard InChI is InChI=1S/C11H23NO3/c1-5-6-8-15-9-7-11(2,10(13)14)12(3)4/h5-9H2,1-4H3,(H,13,14). The smallest absolute Gasteiger partial charge is 0.137 e. The highest BCUT2D eigenvalue weighted by atomic mass is 16.5. The van der Waals surface area contributed by atoms with E-state index in [0.717, 1.165) is 17.7 Å². The zero-order valence-electron chi connectivity index (χ0n) is 10.3. The van der Waals surface area contributed by atoms with Crippen molar-refractivity contribution in [2.45, 2.75) is 38.6 Å². The van der Waals surface area contributed by atoms with E-state index in [1.54, 1.807) is 6.92 Å². The molecule has 0 aliphatic carbocycles. The molecule has 0 aromatic rings. The fourth-order valence-corrected chi connectivity index (χ4v) is 1.18. The minimum Gasteiger partial charge on any atom is -0.544 e. The van der Waals surface area contributed by atoms with Crippen LogP contribution in [0.2, 0.25) is 0 Å². The number of hydrogen-bond donors (Lipinski definition) is 1. The van der Waals surface area contributed by atoms with Gasteiger partial charge in [0.25, 0.3) is 0 Å². The Morgan fingerprint density at radius 3 is 2.40 bits per heavy atom. The first-order chi connectivity index (χ1) is 6.95. The summed E-state index contributed by atoms with van der Waals surface area (Å²) in [5, 5.41) is 11.0. The number of carboxylic acid groups (broad SMARTS) is 1. The number of aliphatic carboxylic acids is 1. The Bertz CT molecular complexity index is 194. The second-order valence-corrected chi connectivity index (χ2v) is 4.34. The van der Waals surface area contributed by atoms with Crippen LogP contribution in [0.1, 0.15) is 33.1 Å². The molecule has 1 N–H and O–H groups in total. The highest BCUT2D eigenvalue weighted by Crippen LogP contribution is 2.04. The van der Waals surface area contributed by atoms with E-state index in [2.05, 4.69) is 6.92 Å². The topological polar surface area (TPSA) is 53.8 Å². The number of hydrogen-bond acceptors (Lipinski definition) is 3. The molecule has 0 saturated heterocycles. The first kappa shape index (κ1) is 14.4. The van der Waals surface area contributed by atoms with Gasteiger partial charge in [0.2, 0.25) is 0 Å². The molecule has 0 bridgehead atoms. The van der Waals surface area contributed by atoms with Gasteiger partial charge >= 0.3 is 0 Å². The Hall–Kier alpha value is -0.610. The molecule has 0 heterocycles. The highest BCUT2D eigenvalue weighted by molar-refractivity contribution is 5.74. The summed E-state index contributed by atoms with van der Waals surface area (Å²) in [7, 11) is 3.64. The van der Waals surface area contributed by atoms with Crippen LogP contribution in [-0.4, -0.2) is 38.8 Å². The molecule has 90 valence electrons. The van der Waals surface area contributed by atoms with Gasteiger partial charge < -0.3 is 19.5 Å². The molecule has 1 unspecified atom stereocenters. The molecule has 0 fully saturated rings. The predicted octanol–water partition coefficient (Wildman–Crippen LogP) is -1.15. The van der Waals surface area contributed by atoms with Crippen LogP contribution in [0, 0.1) is 0 Å². The van der Waals surface area contributed by atoms with Gasteiger partial charge in [0.1, 0.15) is 11.5 Å². The van der Waals surface area contributed by atoms with E-state index in [-0.39, 0.29) is 0 Å². The summed E-state index contributed by atoms with van der Waals surface area (Å²) in [4.78, 5) is 11.9. The average Bonchev–Trinajstić information content (AvgIpc) is 2.16. The normalized spacial score (nSPS) is 15.3. The first-order valence-corrected chi connectivity index (χ1v) is 5.55. The summed E-state index contributed by atoms with van der Waals surface area (Å²) in [5.74, 6) is -1.01. The molecule has 0 aliphatic heterocycles. The molecule has 15 heavy (non-hydrogen) atoms. The van der Waals surface area contributed by atoms with E-state index >= 15 is 0 Å². The van der Waals surface area contributed by atoms with Gasteiger partial charge in [-0.2, -0.15) is 0 Å². The van der Waals surface area contributed by atoms with Gasteiger partial charge in [0.05, 0.1) is 20.7 Å². The Balaban J connectivity index is 3.93. The Morgan fingerprint density at radius 1 is 1.40 bits per heavy atom. The maximum absolute atomic E-state index is 11.0. The molecule has 4 heteroatoms. The van der Waals surface area contributed by atoms with E-state index < -0.39 is 11.5 Å². The van der Waals surface area contributed by atoms with Crippen LogP contribution in [0.15, 0.2) is 0 Å². The van der Waals surface area contributed by atoms with Crippen LogP contribution >= 0.6 is 0 Å². The lowest BCUT2D eigenvalue weighted by Gasteiger charge is -2.33. The van der Waals surface area contributed by atoms with Crippen molar-refractivity contribution in [3.05, 3.63) is 0 Å². The number of carbonyl (C=O) groups excluding carboxylic acids is 1. The maximum atomic E-state index is 11.0. The monoisotopic (exact) mass is 217 g/mol. The second-order valence-electron chi connectivity index (χ2n) is 4.34. The van der Waals surface area contributed by atoms with Crippen LogP contribution in [0.4, 0.5) is 0 Å². The number of ether oxygens (including phenoxy) is 1. The molecule has 0 spiro atoms. The fraction of sp³-hybridized carbons (Fsp3) is 0.909. The van der Waals surface area contributed by atoms with Crippen LogP contribution < -0.4 is 10.0 Å². The molecular weight excluding hydrogens is 194 g/mol. The summed E-state index contributed by atoms with van der Waals surface area (Å²) in [6, 6.07) is 0. The number of rotatable bonds is 8. The third kappa shape index (κ3) is 4.62. The van der Waals surface area contributed by atoms with Gasteiger partial charge in [-0.1, -0.05) is 13.3 Å². The van der Waals surface area contributed by atoms with E-state index in [1.165, 1.54) is 0 Å². The van der Waals surface area contributed by atoms with E-state index in [9.17, 15) is 9.90 Å². The first-order valence-electron chi connectivity index (χ1n) is 5.55. The third-order valence-electron chi connectivity index (χ3n) is 2.94. The van der Waals surface area contributed by atoms with Gasteiger partial charge in [-0.25, -0.2) is 0 Å². The Morgan fingerprint density at radius 2 is 2.00 bits per heavy atom. The molecule has 0 radical (unpaired) electrons. The minimum atomic E-state index is -1.01. The van der Waals surface area contributed by atoms with Gasteiger partial charge in [-0.3, -0.25) is 0 Å². The minimum absolute atomic E-state index is 0.482. The number of carboxylic acids is 1. The molecule has 0 rings (SSSR count). The molecule has 0 aromatic carbocycles. The average molecular weight is 217 g/mol. The van der Waals surface area contributed by atoms with Crippen molar-refractivity contribution < 1.29 is 19.5 Å². The summed E-state index contributed by atoms with van der Waals surface area (Å²) in [6.07, 6.45) is 2.61. The highest BCUT2D eigenvalue weighted by Gasteiger charge is 2.32. The predicted molar refractivity (Wildman–Crippen MR) is 56.6 cm³/mol. The van der Waals surface area contributed by atoms with Crippen molar-refractivity contribution in [1.82, 2.24) is 0 Å². The summed E-state index contributed by atoms with van der Waals surface area (Å²) in [6.45, 7) is 4.98. The van der Waals surface area contributed by atoms with Gasteiger partial charge in [-0.15, -0.1) is 0 Å². The summed E-state index contributed by atoms with van der Waals surface area (Å²) in [5.41, 5.74) is -0.855. The Kier molecular flexibility index (Phi) is 6.52. The molecule has 0 amide bonds. The molecule has 0 aromatic heterocycles. The van der Waals surface area contributed by atoms with Gasteiger partial charge in [-0.05, 0) is 13.3 Å². The van der Waals surface area contributed by atoms with Crippen LogP contribution in [0.25, 0.3) is 0 Å².